The molecule has 0 saturated carbocycles. The minimum absolute atomic E-state index is 0.782. The van der Waals surface area contributed by atoms with Crippen LogP contribution in [0.3, 0.4) is 0 Å². The Morgan fingerprint density at radius 3 is 2.33 bits per heavy atom. The minimum Gasteiger partial charge on any atom is -0.263 e. The van der Waals surface area contributed by atoms with Crippen LogP contribution in [-0.4, -0.2) is 15.0 Å². The van der Waals surface area contributed by atoms with Crippen molar-refractivity contribution in [2.75, 3.05) is 0 Å². The Labute approximate surface area is 86.5 Å². The first-order valence-electron chi connectivity index (χ1n) is 4.74. The Balaban J connectivity index is 2.79. The molecule has 0 aliphatic carbocycles. The summed E-state index contributed by atoms with van der Waals surface area (Å²) in [7, 11) is 0. The van der Waals surface area contributed by atoms with Gasteiger partial charge in [0.15, 0.2) is 0 Å². The molecule has 3 aromatic heterocycles. The summed E-state index contributed by atoms with van der Waals surface area (Å²) in [5.74, 6) is 0. The molecule has 3 heteroatoms. The smallest absolute Gasteiger partial charge is 0.0655 e. The third-order valence-corrected chi connectivity index (χ3v) is 2.66. The molecule has 15 heavy (non-hydrogen) atoms. The van der Waals surface area contributed by atoms with E-state index in [2.05, 4.69) is 21.5 Å². The van der Waals surface area contributed by atoms with Gasteiger partial charge in [-0.3, -0.25) is 15.0 Å². The van der Waals surface area contributed by atoms with Crippen molar-refractivity contribution in [3.05, 3.63) is 35.8 Å². The summed E-state index contributed by atoms with van der Waals surface area (Å²) in [6, 6.07) is 0. The molecule has 0 spiro atoms. The van der Waals surface area contributed by atoms with Gasteiger partial charge >= 0.3 is 0 Å². The summed E-state index contributed by atoms with van der Waals surface area (Å²) in [6.45, 7) is 5.92. The van der Waals surface area contributed by atoms with Crippen LogP contribution in [0.5, 0.6) is 0 Å². The van der Waals surface area contributed by atoms with E-state index in [1.54, 1.807) is 0 Å². The second kappa shape index (κ2) is 2.73. The third kappa shape index (κ3) is 1.03. The molecule has 0 aliphatic rings. The number of hydrogen-bond acceptors (Lipinski definition) is 3. The van der Waals surface area contributed by atoms with Crippen molar-refractivity contribution in [2.24, 2.45) is 0 Å². The summed E-state index contributed by atoms with van der Waals surface area (Å²) < 4.78 is 0. The van der Waals surface area contributed by atoms with Crippen molar-refractivity contribution >= 4 is 28.1 Å². The molecule has 0 saturated heterocycles. The van der Waals surface area contributed by atoms with E-state index >= 15 is 0 Å². The van der Waals surface area contributed by atoms with Crippen LogP contribution in [0.2, 0.25) is 0 Å². The van der Waals surface area contributed by atoms with Crippen molar-refractivity contribution in [3.8, 4) is 0 Å². The number of hydrogen-bond donors (Lipinski definition) is 0. The molecule has 0 fully saturated rings. The van der Waals surface area contributed by atoms with Crippen LogP contribution in [0.1, 0.15) is 5.69 Å². The van der Waals surface area contributed by atoms with Crippen LogP contribution in [0, 0.1) is 6.92 Å². The number of aryl methyl sites for hydroxylation is 1. The molecular formula is C12H9N3. The fourth-order valence-corrected chi connectivity index (χ4v) is 1.96. The van der Waals surface area contributed by atoms with Gasteiger partial charge in [-0.1, -0.05) is 6.58 Å². The third-order valence-electron chi connectivity index (χ3n) is 2.66. The molecule has 0 N–H and O–H groups in total. The molecule has 0 aliphatic heterocycles. The van der Waals surface area contributed by atoms with E-state index in [9.17, 15) is 0 Å². The lowest BCUT2D eigenvalue weighted by atomic mass is 10.1. The maximum atomic E-state index is 4.33. The standard InChI is InChI=1S/C12H9N3/c1-7-11-8(2)15-6-10-4-13-3-9(5-14-7)12(10)11/h3-6H,1H2,2H3. The SMILES string of the molecule is C=c1ncc2cncc3cnc(C)c1c32. The van der Waals surface area contributed by atoms with Gasteiger partial charge < -0.3 is 0 Å². The molecule has 3 rings (SSSR count). The predicted octanol–water partition coefficient (Wildman–Crippen LogP) is 1.62. The molecular weight excluding hydrogens is 186 g/mol. The van der Waals surface area contributed by atoms with Crippen molar-refractivity contribution < 1.29 is 0 Å². The largest absolute Gasteiger partial charge is 0.263 e. The fourth-order valence-electron chi connectivity index (χ4n) is 1.96. The molecule has 3 aromatic rings. The van der Waals surface area contributed by atoms with E-state index in [4.69, 9.17) is 0 Å². The van der Waals surface area contributed by atoms with E-state index in [1.807, 2.05) is 31.7 Å². The molecule has 0 unspecified atom stereocenters. The van der Waals surface area contributed by atoms with Gasteiger partial charge in [0, 0.05) is 52.0 Å². The molecule has 72 valence electrons. The minimum atomic E-state index is 0.782. The Hall–Kier alpha value is -2.03. The second-order valence-corrected chi connectivity index (χ2v) is 3.62. The first-order chi connectivity index (χ1) is 7.27. The highest BCUT2D eigenvalue weighted by molar-refractivity contribution is 6.09. The van der Waals surface area contributed by atoms with Gasteiger partial charge in [0.05, 0.1) is 5.35 Å². The Kier molecular flexibility index (Phi) is 1.51. The predicted molar refractivity (Wildman–Crippen MR) is 60.3 cm³/mol. The van der Waals surface area contributed by atoms with Crippen LogP contribution >= 0.6 is 0 Å². The molecule has 0 bridgehead atoms. The number of aromatic nitrogens is 3. The highest BCUT2D eigenvalue weighted by atomic mass is 14.7. The highest BCUT2D eigenvalue weighted by Gasteiger charge is 2.06. The van der Waals surface area contributed by atoms with Gasteiger partial charge in [-0.05, 0) is 6.92 Å². The average Bonchev–Trinajstić information content (AvgIpc) is 2.25. The molecule has 0 aromatic carbocycles. The maximum Gasteiger partial charge on any atom is 0.0655 e. The van der Waals surface area contributed by atoms with Crippen molar-refractivity contribution in [3.63, 3.8) is 0 Å². The van der Waals surface area contributed by atoms with Gasteiger partial charge in [0.1, 0.15) is 0 Å². The molecule has 0 radical (unpaired) electrons. The first-order valence-corrected chi connectivity index (χ1v) is 4.74. The van der Waals surface area contributed by atoms with E-state index in [0.717, 1.165) is 32.6 Å². The van der Waals surface area contributed by atoms with Crippen LogP contribution in [0.25, 0.3) is 28.1 Å². The lowest BCUT2D eigenvalue weighted by Crippen LogP contribution is -2.07. The van der Waals surface area contributed by atoms with Crippen molar-refractivity contribution in [1.29, 1.82) is 0 Å². The quantitative estimate of drug-likeness (QED) is 0.547. The molecule has 0 amide bonds. The number of pyridine rings is 3. The van der Waals surface area contributed by atoms with Crippen LogP contribution in [-0.2, 0) is 0 Å². The van der Waals surface area contributed by atoms with Gasteiger partial charge in [-0.2, -0.15) is 0 Å². The van der Waals surface area contributed by atoms with Gasteiger partial charge in [-0.15, -0.1) is 0 Å². The Bertz CT molecular complexity index is 688. The van der Waals surface area contributed by atoms with Crippen molar-refractivity contribution in [2.45, 2.75) is 6.92 Å². The van der Waals surface area contributed by atoms with Crippen molar-refractivity contribution in [1.82, 2.24) is 15.0 Å². The van der Waals surface area contributed by atoms with E-state index < -0.39 is 0 Å². The Morgan fingerprint density at radius 2 is 1.60 bits per heavy atom. The van der Waals surface area contributed by atoms with Crippen LogP contribution < -0.4 is 5.35 Å². The highest BCUT2D eigenvalue weighted by Crippen LogP contribution is 2.22. The normalized spacial score (nSPS) is 11.3. The zero-order chi connectivity index (χ0) is 10.4. The first kappa shape index (κ1) is 8.29. The van der Waals surface area contributed by atoms with Crippen LogP contribution in [0.15, 0.2) is 24.8 Å². The van der Waals surface area contributed by atoms with Crippen LogP contribution in [0.4, 0.5) is 0 Å². The summed E-state index contributed by atoms with van der Waals surface area (Å²) in [5.41, 5.74) is 0.969. The monoisotopic (exact) mass is 195 g/mol. The molecule has 3 heterocycles. The second-order valence-electron chi connectivity index (χ2n) is 3.62. The number of rotatable bonds is 0. The lowest BCUT2D eigenvalue weighted by Gasteiger charge is -2.06. The summed E-state index contributed by atoms with van der Waals surface area (Å²) in [5, 5.41) is 5.08. The van der Waals surface area contributed by atoms with Gasteiger partial charge in [0.25, 0.3) is 0 Å². The maximum absolute atomic E-state index is 4.33. The lowest BCUT2D eigenvalue weighted by molar-refractivity contribution is 1.21. The Morgan fingerprint density at radius 1 is 0.933 bits per heavy atom. The fraction of sp³-hybridized carbons (Fsp3) is 0.0833. The van der Waals surface area contributed by atoms with E-state index in [-0.39, 0.29) is 0 Å². The molecule has 0 atom stereocenters. The summed E-state index contributed by atoms with van der Waals surface area (Å²) >= 11 is 0. The zero-order valence-electron chi connectivity index (χ0n) is 8.36. The van der Waals surface area contributed by atoms with E-state index in [0.29, 0.717) is 0 Å². The van der Waals surface area contributed by atoms with E-state index in [1.165, 1.54) is 0 Å². The summed E-state index contributed by atoms with van der Waals surface area (Å²) in [6.07, 6.45) is 7.30. The number of nitrogens with zero attached hydrogens (tertiary/aromatic N) is 3. The zero-order valence-corrected chi connectivity index (χ0v) is 8.36. The van der Waals surface area contributed by atoms with Gasteiger partial charge in [0.2, 0.25) is 0 Å². The van der Waals surface area contributed by atoms with Gasteiger partial charge in [-0.25, -0.2) is 0 Å². The topological polar surface area (TPSA) is 38.7 Å². The summed E-state index contributed by atoms with van der Waals surface area (Å²) in [4.78, 5) is 12.7. The average molecular weight is 195 g/mol. The molecule has 3 nitrogen and oxygen atoms in total.